The molecule has 2 heteroatoms. The van der Waals surface area contributed by atoms with Gasteiger partial charge in [0.2, 0.25) is 0 Å². The molecule has 1 aromatic rings. The Hall–Kier alpha value is -1.57. The fourth-order valence-electron chi connectivity index (χ4n) is 1.76. The summed E-state index contributed by atoms with van der Waals surface area (Å²) in [5.74, 6) is -1.16. The summed E-state index contributed by atoms with van der Waals surface area (Å²) < 4.78 is 0. The Bertz CT molecular complexity index is 382. The summed E-state index contributed by atoms with van der Waals surface area (Å²) in [5, 5.41) is 9.16. The third kappa shape index (κ3) is 3.23. The van der Waals surface area contributed by atoms with Gasteiger partial charge in [-0.15, -0.1) is 6.58 Å². The van der Waals surface area contributed by atoms with E-state index in [0.29, 0.717) is 6.42 Å². The number of rotatable bonds is 5. The van der Waals surface area contributed by atoms with E-state index in [9.17, 15) is 4.79 Å². The lowest BCUT2D eigenvalue weighted by molar-refractivity contribution is -0.142. The van der Waals surface area contributed by atoms with E-state index in [-0.39, 0.29) is 11.8 Å². The van der Waals surface area contributed by atoms with Crippen molar-refractivity contribution < 1.29 is 9.90 Å². The third-order valence-corrected chi connectivity index (χ3v) is 2.86. The van der Waals surface area contributed by atoms with E-state index >= 15 is 0 Å². The van der Waals surface area contributed by atoms with Crippen molar-refractivity contribution in [2.45, 2.75) is 20.3 Å². The average molecular weight is 218 g/mol. The Balaban J connectivity index is 2.83. The second-order valence-electron chi connectivity index (χ2n) is 4.23. The molecule has 0 heterocycles. The van der Waals surface area contributed by atoms with Gasteiger partial charge in [0.05, 0.1) is 5.92 Å². The van der Waals surface area contributed by atoms with E-state index in [2.05, 4.69) is 6.58 Å². The molecule has 16 heavy (non-hydrogen) atoms. The molecule has 0 bridgehead atoms. The highest BCUT2D eigenvalue weighted by Gasteiger charge is 2.22. The second kappa shape index (κ2) is 5.50. The van der Waals surface area contributed by atoms with Gasteiger partial charge in [-0.1, -0.05) is 42.8 Å². The summed E-state index contributed by atoms with van der Waals surface area (Å²) in [6.45, 7) is 7.56. The number of aryl methyl sites for hydroxylation is 1. The van der Waals surface area contributed by atoms with Crippen LogP contribution in [0.2, 0.25) is 0 Å². The van der Waals surface area contributed by atoms with E-state index in [1.807, 2.05) is 38.1 Å². The van der Waals surface area contributed by atoms with Gasteiger partial charge in [-0.2, -0.15) is 0 Å². The molecule has 0 aromatic heterocycles. The molecule has 2 atom stereocenters. The summed E-state index contributed by atoms with van der Waals surface area (Å²) >= 11 is 0. The lowest BCUT2D eigenvalue weighted by atomic mass is 9.88. The van der Waals surface area contributed by atoms with Crippen molar-refractivity contribution in [2.75, 3.05) is 0 Å². The molecule has 0 amide bonds. The fourth-order valence-corrected chi connectivity index (χ4v) is 1.76. The van der Waals surface area contributed by atoms with Crippen LogP contribution in [-0.2, 0) is 11.2 Å². The van der Waals surface area contributed by atoms with E-state index in [4.69, 9.17) is 5.11 Å². The highest BCUT2D eigenvalue weighted by molar-refractivity contribution is 5.71. The van der Waals surface area contributed by atoms with Gasteiger partial charge < -0.3 is 5.11 Å². The maximum atomic E-state index is 11.1. The van der Waals surface area contributed by atoms with Gasteiger partial charge in [0, 0.05) is 0 Å². The van der Waals surface area contributed by atoms with Crippen molar-refractivity contribution in [1.82, 2.24) is 0 Å². The lowest BCUT2D eigenvalue weighted by Gasteiger charge is -2.17. The second-order valence-corrected chi connectivity index (χ2v) is 4.23. The lowest BCUT2D eigenvalue weighted by Crippen LogP contribution is -2.22. The van der Waals surface area contributed by atoms with E-state index in [0.717, 1.165) is 11.1 Å². The molecule has 1 aromatic carbocycles. The molecule has 0 aliphatic rings. The maximum absolute atomic E-state index is 11.1. The van der Waals surface area contributed by atoms with Crippen LogP contribution in [-0.4, -0.2) is 11.1 Å². The van der Waals surface area contributed by atoms with Gasteiger partial charge in [0.1, 0.15) is 0 Å². The van der Waals surface area contributed by atoms with Gasteiger partial charge in [-0.05, 0) is 24.8 Å². The zero-order valence-corrected chi connectivity index (χ0v) is 9.81. The monoisotopic (exact) mass is 218 g/mol. The first-order valence-corrected chi connectivity index (χ1v) is 5.45. The number of carboxylic acid groups (broad SMARTS) is 1. The molecule has 0 aliphatic carbocycles. The Morgan fingerprint density at radius 2 is 2.25 bits per heavy atom. The largest absolute Gasteiger partial charge is 0.481 e. The SMILES string of the molecule is C=CC(C)C(Cc1cccc(C)c1)C(=O)O. The Kier molecular flexibility index (Phi) is 4.29. The third-order valence-electron chi connectivity index (χ3n) is 2.86. The normalized spacial score (nSPS) is 14.1. The highest BCUT2D eigenvalue weighted by Crippen LogP contribution is 2.19. The predicted molar refractivity (Wildman–Crippen MR) is 65.4 cm³/mol. The zero-order valence-electron chi connectivity index (χ0n) is 9.81. The summed E-state index contributed by atoms with van der Waals surface area (Å²) in [6, 6.07) is 7.98. The smallest absolute Gasteiger partial charge is 0.307 e. The molecule has 1 rings (SSSR count). The molecule has 0 radical (unpaired) electrons. The van der Waals surface area contributed by atoms with Crippen molar-refractivity contribution >= 4 is 5.97 Å². The Morgan fingerprint density at radius 1 is 1.56 bits per heavy atom. The number of aliphatic carboxylic acids is 1. The van der Waals surface area contributed by atoms with Crippen LogP contribution in [0.4, 0.5) is 0 Å². The summed E-state index contributed by atoms with van der Waals surface area (Å²) in [6.07, 6.45) is 2.26. The van der Waals surface area contributed by atoms with Crippen molar-refractivity contribution in [2.24, 2.45) is 11.8 Å². The summed E-state index contributed by atoms with van der Waals surface area (Å²) in [5.41, 5.74) is 2.23. The standard InChI is InChI=1S/C14H18O2/c1-4-11(3)13(14(15)16)9-12-7-5-6-10(2)8-12/h4-8,11,13H,1,9H2,2-3H3,(H,15,16). The first-order valence-electron chi connectivity index (χ1n) is 5.45. The van der Waals surface area contributed by atoms with E-state index in [1.54, 1.807) is 6.08 Å². The quantitative estimate of drug-likeness (QED) is 0.771. The molecule has 1 N–H and O–H groups in total. The highest BCUT2D eigenvalue weighted by atomic mass is 16.4. The average Bonchev–Trinajstić information content (AvgIpc) is 2.24. The minimum Gasteiger partial charge on any atom is -0.481 e. The molecule has 0 fully saturated rings. The van der Waals surface area contributed by atoms with Crippen LogP contribution >= 0.6 is 0 Å². The zero-order chi connectivity index (χ0) is 12.1. The van der Waals surface area contributed by atoms with Crippen LogP contribution in [0, 0.1) is 18.8 Å². The molecule has 2 nitrogen and oxygen atoms in total. The van der Waals surface area contributed by atoms with Crippen molar-refractivity contribution in [3.63, 3.8) is 0 Å². The van der Waals surface area contributed by atoms with Crippen molar-refractivity contribution in [3.8, 4) is 0 Å². The molecular formula is C14H18O2. The van der Waals surface area contributed by atoms with E-state index < -0.39 is 5.97 Å². The number of carbonyl (C=O) groups is 1. The molecule has 0 spiro atoms. The van der Waals surface area contributed by atoms with Crippen LogP contribution in [0.25, 0.3) is 0 Å². The first-order chi connectivity index (χ1) is 7.54. The summed E-state index contributed by atoms with van der Waals surface area (Å²) in [7, 11) is 0. The predicted octanol–water partition coefficient (Wildman–Crippen LogP) is 3.06. The molecule has 2 unspecified atom stereocenters. The van der Waals surface area contributed by atoms with Gasteiger partial charge in [-0.3, -0.25) is 4.79 Å². The fraction of sp³-hybridized carbons (Fsp3) is 0.357. The van der Waals surface area contributed by atoms with Crippen LogP contribution in [0.3, 0.4) is 0 Å². The number of hydrogen-bond donors (Lipinski definition) is 1. The minimum atomic E-state index is -0.756. The van der Waals surface area contributed by atoms with E-state index in [1.165, 1.54) is 0 Å². The number of benzene rings is 1. The first kappa shape index (κ1) is 12.5. The van der Waals surface area contributed by atoms with Gasteiger partial charge >= 0.3 is 5.97 Å². The summed E-state index contributed by atoms with van der Waals surface area (Å²) in [4.78, 5) is 11.1. The van der Waals surface area contributed by atoms with Crippen molar-refractivity contribution in [1.29, 1.82) is 0 Å². The topological polar surface area (TPSA) is 37.3 Å². The van der Waals surface area contributed by atoms with Crippen molar-refractivity contribution in [3.05, 3.63) is 48.0 Å². The number of carboxylic acids is 1. The number of allylic oxidation sites excluding steroid dienone is 1. The maximum Gasteiger partial charge on any atom is 0.307 e. The minimum absolute atomic E-state index is 0.0157. The van der Waals surface area contributed by atoms with Crippen LogP contribution in [0.15, 0.2) is 36.9 Å². The molecule has 0 saturated heterocycles. The molecule has 86 valence electrons. The Labute approximate surface area is 96.6 Å². The van der Waals surface area contributed by atoms with Crippen LogP contribution in [0.5, 0.6) is 0 Å². The Morgan fingerprint density at radius 3 is 2.75 bits per heavy atom. The number of hydrogen-bond acceptors (Lipinski definition) is 1. The van der Waals surface area contributed by atoms with Crippen LogP contribution < -0.4 is 0 Å². The molecular weight excluding hydrogens is 200 g/mol. The van der Waals surface area contributed by atoms with Crippen LogP contribution in [0.1, 0.15) is 18.1 Å². The van der Waals surface area contributed by atoms with Gasteiger partial charge in [-0.25, -0.2) is 0 Å². The van der Waals surface area contributed by atoms with Gasteiger partial charge in [0.25, 0.3) is 0 Å². The molecule has 0 aliphatic heterocycles. The molecule has 0 saturated carbocycles. The van der Waals surface area contributed by atoms with Gasteiger partial charge in [0.15, 0.2) is 0 Å².